The monoisotopic (exact) mass is 427 g/mol. The minimum atomic E-state index is 0.734. The van der Waals surface area contributed by atoms with Crippen LogP contribution in [0, 0.1) is 0 Å². The van der Waals surface area contributed by atoms with Gasteiger partial charge in [-0.15, -0.1) is 0 Å². The Morgan fingerprint density at radius 1 is 0.576 bits per heavy atom. The second-order valence-corrected chi connectivity index (χ2v) is 7.90. The maximum atomic E-state index is 6.35. The molecule has 0 spiro atoms. The molecule has 0 unspecified atom stereocenters. The normalized spacial score (nSPS) is 11.6. The van der Waals surface area contributed by atoms with Gasteiger partial charge in [-0.1, -0.05) is 42.5 Å². The van der Waals surface area contributed by atoms with Crippen LogP contribution in [0.15, 0.2) is 112 Å². The summed E-state index contributed by atoms with van der Waals surface area (Å²) in [6, 6.07) is 28.3. The number of pyridine rings is 2. The van der Waals surface area contributed by atoms with E-state index < -0.39 is 0 Å². The molecule has 0 N–H and O–H groups in total. The van der Waals surface area contributed by atoms with E-state index in [4.69, 9.17) is 8.83 Å². The molecule has 0 radical (unpaired) electrons. The van der Waals surface area contributed by atoms with Crippen LogP contribution in [0.1, 0.15) is 0 Å². The van der Waals surface area contributed by atoms with Crippen LogP contribution < -0.4 is 4.90 Å². The lowest BCUT2D eigenvalue weighted by Gasteiger charge is -2.25. The summed E-state index contributed by atoms with van der Waals surface area (Å²) in [5, 5.41) is 3.01. The highest BCUT2D eigenvalue weighted by molar-refractivity contribution is 6.12. The molecule has 3 aromatic carbocycles. The van der Waals surface area contributed by atoms with Crippen LogP contribution >= 0.6 is 0 Å². The standard InChI is InChI=1S/C28H17N3O2/c1-2-7-18(8-3-1)31(22-11-6-10-19-21-17-29-15-14-25(21)32-27(19)22)23-13-16-30-26-20-9-4-5-12-24(20)33-28(23)26/h1-17H. The number of furan rings is 2. The van der Waals surface area contributed by atoms with E-state index in [1.54, 1.807) is 6.20 Å². The van der Waals surface area contributed by atoms with Crippen LogP contribution in [-0.2, 0) is 0 Å². The lowest BCUT2D eigenvalue weighted by Crippen LogP contribution is -2.10. The molecule has 0 atom stereocenters. The Morgan fingerprint density at radius 2 is 1.33 bits per heavy atom. The van der Waals surface area contributed by atoms with Crippen molar-refractivity contribution in [3.8, 4) is 0 Å². The topological polar surface area (TPSA) is 55.3 Å². The zero-order valence-corrected chi connectivity index (χ0v) is 17.5. The summed E-state index contributed by atoms with van der Waals surface area (Å²) in [7, 11) is 0. The highest BCUT2D eigenvalue weighted by Gasteiger charge is 2.23. The minimum absolute atomic E-state index is 0.734. The molecule has 0 bridgehead atoms. The van der Waals surface area contributed by atoms with Gasteiger partial charge < -0.3 is 13.7 Å². The molecule has 4 aromatic heterocycles. The highest BCUT2D eigenvalue weighted by Crippen LogP contribution is 2.44. The van der Waals surface area contributed by atoms with Crippen molar-refractivity contribution < 1.29 is 8.83 Å². The van der Waals surface area contributed by atoms with E-state index in [9.17, 15) is 0 Å². The number of anilines is 3. The largest absolute Gasteiger partial charge is 0.454 e. The van der Waals surface area contributed by atoms with Gasteiger partial charge in [0.1, 0.15) is 16.7 Å². The first-order valence-electron chi connectivity index (χ1n) is 10.8. The second kappa shape index (κ2) is 6.93. The fourth-order valence-corrected chi connectivity index (χ4v) is 4.56. The first-order chi connectivity index (χ1) is 16.4. The molecule has 7 rings (SSSR count). The third kappa shape index (κ3) is 2.66. The molecule has 156 valence electrons. The van der Waals surface area contributed by atoms with Crippen LogP contribution in [-0.4, -0.2) is 9.97 Å². The van der Waals surface area contributed by atoms with E-state index in [0.717, 1.165) is 61.1 Å². The molecular weight excluding hydrogens is 410 g/mol. The summed E-state index contributed by atoms with van der Waals surface area (Å²) in [5.41, 5.74) is 6.80. The van der Waals surface area contributed by atoms with Gasteiger partial charge in [-0.25, -0.2) is 0 Å². The number of fused-ring (bicyclic) bond motifs is 6. The van der Waals surface area contributed by atoms with Crippen molar-refractivity contribution >= 4 is 61.1 Å². The fraction of sp³-hybridized carbons (Fsp3) is 0. The molecule has 0 aliphatic carbocycles. The van der Waals surface area contributed by atoms with Gasteiger partial charge in [-0.05, 0) is 42.5 Å². The van der Waals surface area contributed by atoms with Gasteiger partial charge in [0.2, 0.25) is 0 Å². The first kappa shape index (κ1) is 18.0. The molecule has 33 heavy (non-hydrogen) atoms. The van der Waals surface area contributed by atoms with E-state index in [0.29, 0.717) is 0 Å². The Bertz CT molecular complexity index is 1670. The Labute approximate surface area is 188 Å². The van der Waals surface area contributed by atoms with E-state index in [2.05, 4.69) is 39.1 Å². The summed E-state index contributed by atoms with van der Waals surface area (Å²) in [6.07, 6.45) is 5.43. The molecule has 5 heteroatoms. The van der Waals surface area contributed by atoms with E-state index in [-0.39, 0.29) is 0 Å². The lowest BCUT2D eigenvalue weighted by molar-refractivity contribution is 0.665. The van der Waals surface area contributed by atoms with Crippen molar-refractivity contribution in [2.75, 3.05) is 4.90 Å². The van der Waals surface area contributed by atoms with Crippen molar-refractivity contribution in [2.24, 2.45) is 0 Å². The van der Waals surface area contributed by atoms with Gasteiger partial charge in [0.25, 0.3) is 0 Å². The lowest BCUT2D eigenvalue weighted by atomic mass is 10.1. The quantitative estimate of drug-likeness (QED) is 0.289. The number of nitrogens with zero attached hydrogens (tertiary/aromatic N) is 3. The van der Waals surface area contributed by atoms with Gasteiger partial charge in [0.15, 0.2) is 11.2 Å². The fourth-order valence-electron chi connectivity index (χ4n) is 4.56. The molecule has 0 saturated heterocycles. The summed E-state index contributed by atoms with van der Waals surface area (Å²) in [4.78, 5) is 11.1. The predicted molar refractivity (Wildman–Crippen MR) is 131 cm³/mol. The van der Waals surface area contributed by atoms with Gasteiger partial charge in [-0.2, -0.15) is 0 Å². The van der Waals surface area contributed by atoms with Crippen LogP contribution in [0.2, 0.25) is 0 Å². The van der Waals surface area contributed by atoms with Crippen LogP contribution in [0.3, 0.4) is 0 Å². The molecular formula is C28H17N3O2. The number of rotatable bonds is 3. The van der Waals surface area contributed by atoms with E-state index >= 15 is 0 Å². The van der Waals surface area contributed by atoms with Gasteiger partial charge in [0.05, 0.1) is 11.4 Å². The molecule has 0 aliphatic heterocycles. The molecule has 0 amide bonds. The molecule has 0 fully saturated rings. The number of para-hydroxylation sites is 3. The summed E-state index contributed by atoms with van der Waals surface area (Å²) < 4.78 is 12.7. The number of hydrogen-bond acceptors (Lipinski definition) is 5. The van der Waals surface area contributed by atoms with Crippen molar-refractivity contribution in [3.63, 3.8) is 0 Å². The van der Waals surface area contributed by atoms with Crippen LogP contribution in [0.5, 0.6) is 0 Å². The first-order valence-corrected chi connectivity index (χ1v) is 10.8. The molecule has 5 nitrogen and oxygen atoms in total. The molecule has 0 aliphatic rings. The Kier molecular flexibility index (Phi) is 3.78. The predicted octanol–water partition coefficient (Wildman–Crippen LogP) is 7.75. The smallest absolute Gasteiger partial charge is 0.177 e. The third-order valence-electron chi connectivity index (χ3n) is 6.01. The zero-order chi connectivity index (χ0) is 21.8. The van der Waals surface area contributed by atoms with E-state index in [1.807, 2.05) is 73.1 Å². The average molecular weight is 427 g/mol. The van der Waals surface area contributed by atoms with Crippen LogP contribution in [0.25, 0.3) is 44.0 Å². The molecule has 7 aromatic rings. The van der Waals surface area contributed by atoms with Gasteiger partial charge in [-0.3, -0.25) is 9.97 Å². The number of benzene rings is 3. The van der Waals surface area contributed by atoms with Gasteiger partial charge >= 0.3 is 0 Å². The zero-order valence-electron chi connectivity index (χ0n) is 17.5. The second-order valence-electron chi connectivity index (χ2n) is 7.90. The van der Waals surface area contributed by atoms with Crippen molar-refractivity contribution in [2.45, 2.75) is 0 Å². The SMILES string of the molecule is c1ccc(N(c2cccc3c2oc2ccncc23)c2ccnc3c2oc2ccccc23)cc1. The third-order valence-corrected chi connectivity index (χ3v) is 6.01. The maximum absolute atomic E-state index is 6.35. The number of aromatic nitrogens is 2. The van der Waals surface area contributed by atoms with Crippen molar-refractivity contribution in [1.82, 2.24) is 9.97 Å². The molecule has 4 heterocycles. The van der Waals surface area contributed by atoms with E-state index in [1.165, 1.54) is 0 Å². The summed E-state index contributed by atoms with van der Waals surface area (Å²) in [6.45, 7) is 0. The minimum Gasteiger partial charge on any atom is -0.454 e. The van der Waals surface area contributed by atoms with Crippen molar-refractivity contribution in [3.05, 3.63) is 104 Å². The average Bonchev–Trinajstić information content (AvgIpc) is 3.44. The maximum Gasteiger partial charge on any atom is 0.177 e. The van der Waals surface area contributed by atoms with Crippen molar-refractivity contribution in [1.29, 1.82) is 0 Å². The number of hydrogen-bond donors (Lipinski definition) is 0. The Balaban J connectivity index is 1.58. The Morgan fingerprint density at radius 3 is 2.27 bits per heavy atom. The van der Waals surface area contributed by atoms with Crippen LogP contribution in [0.4, 0.5) is 17.1 Å². The summed E-state index contributed by atoms with van der Waals surface area (Å²) in [5.74, 6) is 0. The highest BCUT2D eigenvalue weighted by atomic mass is 16.3. The molecule has 0 saturated carbocycles. The Hall–Kier alpha value is -4.64. The van der Waals surface area contributed by atoms with Gasteiger partial charge in [0, 0.05) is 40.4 Å². The summed E-state index contributed by atoms with van der Waals surface area (Å²) >= 11 is 0.